The van der Waals surface area contributed by atoms with Crippen molar-refractivity contribution in [1.29, 1.82) is 0 Å². The average Bonchev–Trinajstić information content (AvgIpc) is 2.80. The van der Waals surface area contributed by atoms with E-state index in [1.807, 2.05) is 91.0 Å². The third-order valence-corrected chi connectivity index (χ3v) is 18.4. The molecule has 0 aliphatic heterocycles. The van der Waals surface area contributed by atoms with Gasteiger partial charge in [0.25, 0.3) is 0 Å². The van der Waals surface area contributed by atoms with Crippen molar-refractivity contribution in [1.82, 2.24) is 9.80 Å². The van der Waals surface area contributed by atoms with Crippen molar-refractivity contribution < 1.29 is 15.6 Å². The number of carbonyl (C=O) groups excluding carboxylic acids is 2. The number of benzene rings is 3. The van der Waals surface area contributed by atoms with Crippen LogP contribution in [0.3, 0.4) is 0 Å². The number of nitrogens with zero attached hydrogens (tertiary/aromatic N) is 2. The summed E-state index contributed by atoms with van der Waals surface area (Å²) in [5, 5.41) is 0. The van der Waals surface area contributed by atoms with Gasteiger partial charge in [-0.3, -0.25) is 0 Å². The van der Waals surface area contributed by atoms with Crippen LogP contribution in [0.25, 0.3) is 0 Å². The second-order valence-electron chi connectivity index (χ2n) is 7.47. The molecule has 3 rings (SSSR count). The number of hydrogen-bond donors (Lipinski definition) is 0. The quantitative estimate of drug-likeness (QED) is 0.477. The normalized spacial score (nSPS) is 12.2. The maximum absolute atomic E-state index is 13.2. The van der Waals surface area contributed by atoms with Gasteiger partial charge in [-0.2, -0.15) is 0 Å². The maximum atomic E-state index is 13.2. The molecule has 0 heterocycles. The molecule has 3 aromatic rings. The number of hydrogen-bond acceptors (Lipinski definition) is 4. The molecule has 0 radical (unpaired) electrons. The van der Waals surface area contributed by atoms with E-state index in [0.29, 0.717) is 10.5 Å². The van der Waals surface area contributed by atoms with Crippen molar-refractivity contribution in [2.24, 2.45) is 0 Å². The minimum atomic E-state index is -5.68. The Bertz CT molecular complexity index is 916. The fourth-order valence-electron chi connectivity index (χ4n) is 3.34. The van der Waals surface area contributed by atoms with Crippen LogP contribution in [0.1, 0.15) is 0 Å². The predicted octanol–water partition coefficient (Wildman–Crippen LogP) is 2.50. The zero-order valence-electron chi connectivity index (χ0n) is 18.1. The van der Waals surface area contributed by atoms with Crippen LogP contribution in [0.4, 0.5) is 9.59 Å². The monoisotopic (exact) mass is 528 g/mol. The van der Waals surface area contributed by atoms with Gasteiger partial charge in [-0.05, 0) is 0 Å². The molecule has 0 atom stereocenters. The van der Waals surface area contributed by atoms with Crippen LogP contribution < -0.4 is 10.5 Å². The summed E-state index contributed by atoms with van der Waals surface area (Å²) in [4.78, 5) is 29.1. The van der Waals surface area contributed by atoms with E-state index in [1.54, 1.807) is 28.2 Å². The molecule has 0 saturated carbocycles. The van der Waals surface area contributed by atoms with Crippen molar-refractivity contribution in [2.75, 3.05) is 28.2 Å². The van der Waals surface area contributed by atoms with Crippen molar-refractivity contribution in [3.05, 3.63) is 91.0 Å². The first kappa shape index (κ1) is 22.7. The first-order chi connectivity index (χ1) is 14.8. The van der Waals surface area contributed by atoms with E-state index in [0.717, 1.165) is 0 Å². The average molecular weight is 529 g/mol. The van der Waals surface area contributed by atoms with E-state index in [9.17, 15) is 9.59 Å². The molecular formula is C24H27N2O4Sb. The second kappa shape index (κ2) is 9.02. The van der Waals surface area contributed by atoms with Crippen LogP contribution in [0.2, 0.25) is 0 Å². The Morgan fingerprint density at radius 2 is 0.806 bits per heavy atom. The number of amides is 2. The van der Waals surface area contributed by atoms with Crippen LogP contribution >= 0.6 is 0 Å². The molecule has 0 aliphatic carbocycles. The topological polar surface area (TPSA) is 59.1 Å². The summed E-state index contributed by atoms with van der Waals surface area (Å²) in [6.45, 7) is 0. The summed E-state index contributed by atoms with van der Waals surface area (Å²) in [6, 6.07) is 28.0. The van der Waals surface area contributed by atoms with Crippen LogP contribution in [-0.2, 0) is 6.03 Å². The Labute approximate surface area is 185 Å². The van der Waals surface area contributed by atoms with Crippen molar-refractivity contribution in [3.63, 3.8) is 0 Å². The van der Waals surface area contributed by atoms with Crippen LogP contribution in [0.15, 0.2) is 91.0 Å². The zero-order chi connectivity index (χ0) is 22.5. The van der Waals surface area contributed by atoms with Crippen molar-refractivity contribution >= 4 is 41.0 Å². The van der Waals surface area contributed by atoms with Gasteiger partial charge in [0.15, 0.2) is 0 Å². The Kier molecular flexibility index (Phi) is 6.61. The molecule has 0 saturated heterocycles. The van der Waals surface area contributed by atoms with Gasteiger partial charge in [-0.1, -0.05) is 0 Å². The Balaban J connectivity index is 2.54. The fourth-order valence-corrected chi connectivity index (χ4v) is 16.5. The summed E-state index contributed by atoms with van der Waals surface area (Å²) in [5.41, 5.74) is 0. The molecule has 6 nitrogen and oxygen atoms in total. The molecule has 0 spiro atoms. The van der Waals surface area contributed by atoms with Crippen LogP contribution in [0.5, 0.6) is 0 Å². The molecule has 7 heteroatoms. The Hall–Kier alpha value is -2.98. The molecule has 31 heavy (non-hydrogen) atoms. The zero-order valence-corrected chi connectivity index (χ0v) is 20.7. The van der Waals surface area contributed by atoms with Crippen LogP contribution in [0, 0.1) is 0 Å². The van der Waals surface area contributed by atoms with E-state index in [-0.39, 0.29) is 0 Å². The van der Waals surface area contributed by atoms with E-state index < -0.39 is 30.4 Å². The van der Waals surface area contributed by atoms with E-state index in [4.69, 9.17) is 6.03 Å². The van der Waals surface area contributed by atoms with Gasteiger partial charge in [0.05, 0.1) is 0 Å². The van der Waals surface area contributed by atoms with E-state index in [1.165, 1.54) is 9.80 Å². The van der Waals surface area contributed by atoms with Gasteiger partial charge in [-0.15, -0.1) is 0 Å². The van der Waals surface area contributed by atoms with Crippen LogP contribution in [-0.4, -0.2) is 68.4 Å². The van der Waals surface area contributed by atoms with Gasteiger partial charge < -0.3 is 0 Å². The van der Waals surface area contributed by atoms with Crippen molar-refractivity contribution in [2.45, 2.75) is 0 Å². The summed E-state index contributed by atoms with van der Waals surface area (Å²) in [7, 11) is 6.44. The fraction of sp³-hybridized carbons (Fsp3) is 0.167. The third-order valence-electron chi connectivity index (χ3n) is 4.91. The van der Waals surface area contributed by atoms with Gasteiger partial charge in [-0.25, -0.2) is 0 Å². The number of rotatable bonds is 5. The predicted molar refractivity (Wildman–Crippen MR) is 124 cm³/mol. The van der Waals surface area contributed by atoms with Crippen molar-refractivity contribution in [3.8, 4) is 0 Å². The molecule has 0 fully saturated rings. The molecule has 2 amide bonds. The summed E-state index contributed by atoms with van der Waals surface area (Å²) >= 11 is -5.68. The standard InChI is InChI=1S/3C6H5.2C3H7NO2.Sb/c3*1-2-4-6-5-3-1;2*1-4(2)3(5)6;/h3*1-5H;2*1-2H3,(H,5,6);/q;;;;;+2/p-2. The summed E-state index contributed by atoms with van der Waals surface area (Å²) in [6.07, 6.45) is -1.16. The first-order valence-corrected chi connectivity index (χ1v) is 15.7. The Morgan fingerprint density at radius 1 is 0.548 bits per heavy atom. The molecule has 0 unspecified atom stereocenters. The van der Waals surface area contributed by atoms with Gasteiger partial charge in [0.1, 0.15) is 0 Å². The first-order valence-electron chi connectivity index (χ1n) is 9.82. The number of carbonyl (C=O) groups is 2. The molecule has 0 aromatic heterocycles. The molecule has 0 N–H and O–H groups in total. The molecule has 162 valence electrons. The molecule has 0 aliphatic rings. The summed E-state index contributed by atoms with van der Waals surface area (Å²) in [5.74, 6) is 0. The van der Waals surface area contributed by atoms with Gasteiger partial charge in [0, 0.05) is 0 Å². The SMILES string of the molecule is CN(C)C(=O)[O][Sb]([O]C(=O)N(C)C)([c]1ccccc1)([c]1ccccc1)[c]1ccccc1. The van der Waals surface area contributed by atoms with E-state index in [2.05, 4.69) is 0 Å². The Morgan fingerprint density at radius 3 is 1.03 bits per heavy atom. The molecule has 3 aromatic carbocycles. The minimum absolute atomic E-state index is 0.579. The van der Waals surface area contributed by atoms with Gasteiger partial charge >= 0.3 is 186 Å². The van der Waals surface area contributed by atoms with E-state index >= 15 is 0 Å². The molecular weight excluding hydrogens is 502 g/mol. The van der Waals surface area contributed by atoms with Gasteiger partial charge in [0.2, 0.25) is 0 Å². The summed E-state index contributed by atoms with van der Waals surface area (Å²) < 4.78 is 15.0. The third kappa shape index (κ3) is 4.00. The second-order valence-corrected chi connectivity index (χ2v) is 18.4. The molecule has 0 bridgehead atoms.